The number of hydrogen-bond donors (Lipinski definition) is 1. The van der Waals surface area contributed by atoms with Crippen molar-refractivity contribution in [2.75, 3.05) is 16.8 Å². The van der Waals surface area contributed by atoms with Gasteiger partial charge in [-0.05, 0) is 29.7 Å². The molecule has 1 amide bonds. The van der Waals surface area contributed by atoms with Crippen LogP contribution in [0, 0.1) is 0 Å². The van der Waals surface area contributed by atoms with E-state index in [1.165, 1.54) is 0 Å². The van der Waals surface area contributed by atoms with Gasteiger partial charge in [-0.3, -0.25) is 4.79 Å². The summed E-state index contributed by atoms with van der Waals surface area (Å²) in [6.45, 7) is 0. The molecule has 6 nitrogen and oxygen atoms in total. The second kappa shape index (κ2) is 7.59. The summed E-state index contributed by atoms with van der Waals surface area (Å²) in [6, 6.07) is 17.3. The number of nitrogens with one attached hydrogen (secondary N) is 1. The van der Waals surface area contributed by atoms with Gasteiger partial charge < -0.3 is 5.32 Å². The molecule has 0 spiro atoms. The fraction of sp³-hybridized carbons (Fsp3) is 0.273. The molecule has 1 unspecified atom stereocenters. The molecular formula is C22H21N3O3S2. The van der Waals surface area contributed by atoms with Crippen molar-refractivity contribution in [3.05, 3.63) is 71.4 Å². The van der Waals surface area contributed by atoms with Gasteiger partial charge in [0.15, 0.2) is 9.84 Å². The predicted octanol–water partition coefficient (Wildman–Crippen LogP) is 3.91. The van der Waals surface area contributed by atoms with Crippen LogP contribution >= 0.6 is 11.8 Å². The second-order valence-corrected chi connectivity index (χ2v) is 10.9. The van der Waals surface area contributed by atoms with Crippen LogP contribution in [0.25, 0.3) is 11.1 Å². The first-order valence-electron chi connectivity index (χ1n) is 9.85. The van der Waals surface area contributed by atoms with E-state index in [9.17, 15) is 13.2 Å². The van der Waals surface area contributed by atoms with Crippen molar-refractivity contribution in [3.63, 3.8) is 0 Å². The first kappa shape index (κ1) is 19.4. The highest BCUT2D eigenvalue weighted by Gasteiger charge is 2.34. The standard InChI is InChI=1S/C22H21N3O3S2/c26-22(17-8-6-16(7-9-17)15-4-2-1-3-5-15)23-21-19-12-29-13-20(19)24-25(21)18-10-11-30(27,28)14-18/h1-9,18H,10-14H2,(H,23,26). The Morgan fingerprint density at radius 1 is 1.03 bits per heavy atom. The maximum Gasteiger partial charge on any atom is 0.256 e. The summed E-state index contributed by atoms with van der Waals surface area (Å²) in [4.78, 5) is 13.0. The summed E-state index contributed by atoms with van der Waals surface area (Å²) in [5.74, 6) is 2.25. The maximum atomic E-state index is 13.0. The van der Waals surface area contributed by atoms with Crippen LogP contribution in [0.15, 0.2) is 54.6 Å². The van der Waals surface area contributed by atoms with Crippen molar-refractivity contribution in [1.82, 2.24) is 9.78 Å². The smallest absolute Gasteiger partial charge is 0.256 e. The number of thioether (sulfide) groups is 1. The number of benzene rings is 2. The van der Waals surface area contributed by atoms with Crippen LogP contribution in [0.5, 0.6) is 0 Å². The highest BCUT2D eigenvalue weighted by Crippen LogP contribution is 2.38. The molecule has 2 aromatic carbocycles. The number of rotatable bonds is 4. The molecule has 1 N–H and O–H groups in total. The number of nitrogens with zero attached hydrogens (tertiary/aromatic N) is 2. The highest BCUT2D eigenvalue weighted by molar-refractivity contribution is 7.98. The molecule has 8 heteroatoms. The minimum absolute atomic E-state index is 0.0787. The summed E-state index contributed by atoms with van der Waals surface area (Å²) < 4.78 is 25.7. The molecular weight excluding hydrogens is 418 g/mol. The largest absolute Gasteiger partial charge is 0.306 e. The van der Waals surface area contributed by atoms with Gasteiger partial charge in [-0.1, -0.05) is 42.5 Å². The fourth-order valence-corrected chi connectivity index (χ4v) is 6.75. The SMILES string of the molecule is O=C(Nc1c2c(nn1C1CCS(=O)(=O)C1)CSC2)c1ccc(-c2ccccc2)cc1. The van der Waals surface area contributed by atoms with Crippen LogP contribution in [0.4, 0.5) is 5.82 Å². The molecule has 154 valence electrons. The Hall–Kier alpha value is -2.58. The predicted molar refractivity (Wildman–Crippen MR) is 119 cm³/mol. The van der Waals surface area contributed by atoms with E-state index in [2.05, 4.69) is 10.4 Å². The topological polar surface area (TPSA) is 81.1 Å². The molecule has 3 aromatic rings. The molecule has 1 atom stereocenters. The first-order valence-corrected chi connectivity index (χ1v) is 12.8. The molecule has 0 saturated carbocycles. The Bertz CT molecular complexity index is 1200. The zero-order valence-electron chi connectivity index (χ0n) is 16.2. The Morgan fingerprint density at radius 2 is 1.77 bits per heavy atom. The number of hydrogen-bond acceptors (Lipinski definition) is 5. The van der Waals surface area contributed by atoms with Crippen LogP contribution in [0.1, 0.15) is 34.1 Å². The summed E-state index contributed by atoms with van der Waals surface area (Å²) in [6.07, 6.45) is 0.532. The number of aromatic nitrogens is 2. The third kappa shape index (κ3) is 3.65. The summed E-state index contributed by atoms with van der Waals surface area (Å²) >= 11 is 1.75. The number of fused-ring (bicyclic) bond motifs is 1. The minimum atomic E-state index is -3.04. The zero-order chi connectivity index (χ0) is 20.7. The lowest BCUT2D eigenvalue weighted by atomic mass is 10.0. The third-order valence-corrected chi connectivity index (χ3v) is 8.34. The molecule has 3 heterocycles. The molecule has 1 saturated heterocycles. The zero-order valence-corrected chi connectivity index (χ0v) is 17.9. The van der Waals surface area contributed by atoms with Crippen molar-refractivity contribution >= 4 is 33.3 Å². The fourth-order valence-electron chi connectivity index (χ4n) is 4.02. The van der Waals surface area contributed by atoms with Crippen LogP contribution in [-0.4, -0.2) is 35.6 Å². The third-order valence-electron chi connectivity index (χ3n) is 5.62. The van der Waals surface area contributed by atoms with Crippen molar-refractivity contribution in [3.8, 4) is 11.1 Å². The Morgan fingerprint density at radius 3 is 2.47 bits per heavy atom. The van der Waals surface area contributed by atoms with Crippen molar-refractivity contribution in [2.24, 2.45) is 0 Å². The van der Waals surface area contributed by atoms with Gasteiger partial charge in [0.2, 0.25) is 0 Å². The summed E-state index contributed by atoms with van der Waals surface area (Å²) in [5.41, 5.74) is 4.66. The second-order valence-electron chi connectivity index (χ2n) is 7.67. The number of anilines is 1. The molecule has 0 radical (unpaired) electrons. The lowest BCUT2D eigenvalue weighted by molar-refractivity contribution is 0.102. The molecule has 2 aliphatic heterocycles. The van der Waals surface area contributed by atoms with Crippen LogP contribution < -0.4 is 5.32 Å². The maximum absolute atomic E-state index is 13.0. The van der Waals surface area contributed by atoms with E-state index in [1.54, 1.807) is 16.4 Å². The lowest BCUT2D eigenvalue weighted by Gasteiger charge is -2.15. The average molecular weight is 440 g/mol. The monoisotopic (exact) mass is 439 g/mol. The van der Waals surface area contributed by atoms with Gasteiger partial charge >= 0.3 is 0 Å². The molecule has 2 aliphatic rings. The average Bonchev–Trinajstić information content (AvgIpc) is 3.44. The van der Waals surface area contributed by atoms with Gasteiger partial charge in [0.05, 0.1) is 23.2 Å². The molecule has 0 aliphatic carbocycles. The highest BCUT2D eigenvalue weighted by atomic mass is 32.2. The van der Waals surface area contributed by atoms with E-state index in [-0.39, 0.29) is 23.5 Å². The summed E-state index contributed by atoms with van der Waals surface area (Å²) in [5, 5.41) is 7.68. The number of sulfone groups is 1. The number of amides is 1. The normalized spacial score (nSPS) is 19.5. The van der Waals surface area contributed by atoms with Gasteiger partial charge in [0.25, 0.3) is 5.91 Å². The van der Waals surface area contributed by atoms with E-state index in [4.69, 9.17) is 0 Å². The number of carbonyl (C=O) groups excluding carboxylic acids is 1. The van der Waals surface area contributed by atoms with Gasteiger partial charge in [-0.2, -0.15) is 16.9 Å². The molecule has 0 bridgehead atoms. The van der Waals surface area contributed by atoms with Crippen molar-refractivity contribution in [1.29, 1.82) is 0 Å². The minimum Gasteiger partial charge on any atom is -0.306 e. The Balaban J connectivity index is 1.41. The Labute approximate surface area is 179 Å². The number of carbonyl (C=O) groups is 1. The van der Waals surface area contributed by atoms with Crippen molar-refractivity contribution in [2.45, 2.75) is 24.0 Å². The van der Waals surface area contributed by atoms with Crippen LogP contribution in [0.3, 0.4) is 0 Å². The van der Waals surface area contributed by atoms with Gasteiger partial charge in [0.1, 0.15) is 5.82 Å². The van der Waals surface area contributed by atoms with E-state index in [0.29, 0.717) is 17.8 Å². The van der Waals surface area contributed by atoms with Crippen LogP contribution in [0.2, 0.25) is 0 Å². The van der Waals surface area contributed by atoms with E-state index >= 15 is 0 Å². The van der Waals surface area contributed by atoms with Crippen molar-refractivity contribution < 1.29 is 13.2 Å². The van der Waals surface area contributed by atoms with Gasteiger partial charge in [-0.25, -0.2) is 13.1 Å². The lowest BCUT2D eigenvalue weighted by Crippen LogP contribution is -2.20. The van der Waals surface area contributed by atoms with Crippen LogP contribution in [-0.2, 0) is 21.3 Å². The molecule has 5 rings (SSSR count). The molecule has 30 heavy (non-hydrogen) atoms. The van der Waals surface area contributed by atoms with E-state index in [0.717, 1.165) is 33.9 Å². The van der Waals surface area contributed by atoms with E-state index in [1.807, 2.05) is 54.6 Å². The Kier molecular flexibility index (Phi) is 4.91. The van der Waals surface area contributed by atoms with Gasteiger partial charge in [-0.15, -0.1) is 0 Å². The summed E-state index contributed by atoms with van der Waals surface area (Å²) in [7, 11) is -3.04. The quantitative estimate of drug-likeness (QED) is 0.667. The van der Waals surface area contributed by atoms with Gasteiger partial charge in [0, 0.05) is 22.6 Å². The first-order chi connectivity index (χ1) is 14.5. The van der Waals surface area contributed by atoms with E-state index < -0.39 is 9.84 Å². The molecule has 1 fully saturated rings. The molecule has 1 aromatic heterocycles.